The number of benzene rings is 1. The number of carbonyl (C=O) groups is 2. The number of non-ortho nitro benzene ring substituents is 1. The van der Waals surface area contributed by atoms with Gasteiger partial charge in [-0.05, 0) is 43.7 Å². The van der Waals surface area contributed by atoms with Crippen molar-refractivity contribution in [1.82, 2.24) is 14.4 Å². The number of nitrogens with zero attached hydrogens (tertiary/aromatic N) is 4. The van der Waals surface area contributed by atoms with Gasteiger partial charge in [0.05, 0.1) is 11.0 Å². The molecule has 2 heterocycles. The second-order valence-corrected chi connectivity index (χ2v) is 8.18. The van der Waals surface area contributed by atoms with Crippen molar-refractivity contribution in [3.8, 4) is 0 Å². The third kappa shape index (κ3) is 4.22. The first kappa shape index (κ1) is 21.5. The van der Waals surface area contributed by atoms with Crippen LogP contribution in [0.4, 0.5) is 5.69 Å². The molecule has 1 unspecified atom stereocenters. The number of amides is 2. The van der Waals surface area contributed by atoms with Crippen LogP contribution in [0.3, 0.4) is 0 Å². The molecule has 0 N–H and O–H groups in total. The Morgan fingerprint density at radius 1 is 1.13 bits per heavy atom. The fourth-order valence-corrected chi connectivity index (χ4v) is 3.86. The van der Waals surface area contributed by atoms with Gasteiger partial charge < -0.3 is 14.4 Å². The van der Waals surface area contributed by atoms with Crippen LogP contribution in [0.2, 0.25) is 0 Å². The Morgan fingerprint density at radius 2 is 1.80 bits per heavy atom. The van der Waals surface area contributed by atoms with Crippen molar-refractivity contribution >= 4 is 17.5 Å². The van der Waals surface area contributed by atoms with Crippen LogP contribution in [0, 0.1) is 16.0 Å². The van der Waals surface area contributed by atoms with Gasteiger partial charge >= 0.3 is 0 Å². The Labute approximate surface area is 176 Å². The lowest BCUT2D eigenvalue weighted by atomic mass is 9.99. The first-order valence-electron chi connectivity index (χ1n) is 10.2. The second-order valence-electron chi connectivity index (χ2n) is 8.18. The third-order valence-corrected chi connectivity index (χ3v) is 5.48. The van der Waals surface area contributed by atoms with Crippen LogP contribution in [-0.4, -0.2) is 50.2 Å². The number of aromatic nitrogens is 1. The molecule has 1 aliphatic rings. The van der Waals surface area contributed by atoms with E-state index in [1.54, 1.807) is 21.9 Å². The van der Waals surface area contributed by atoms with Crippen LogP contribution in [-0.2, 0) is 16.1 Å². The lowest BCUT2D eigenvalue weighted by Gasteiger charge is -2.39. The lowest BCUT2D eigenvalue weighted by Crippen LogP contribution is -2.50. The summed E-state index contributed by atoms with van der Waals surface area (Å²) in [5.74, 6) is -0.372. The van der Waals surface area contributed by atoms with E-state index < -0.39 is 4.92 Å². The van der Waals surface area contributed by atoms with Crippen LogP contribution < -0.4 is 0 Å². The van der Waals surface area contributed by atoms with Gasteiger partial charge in [0.15, 0.2) is 0 Å². The number of hydrogen-bond donors (Lipinski definition) is 0. The maximum absolute atomic E-state index is 13.3. The van der Waals surface area contributed by atoms with Gasteiger partial charge in [0.1, 0.15) is 6.54 Å². The van der Waals surface area contributed by atoms with E-state index in [0.717, 1.165) is 11.3 Å². The molecular weight excluding hydrogens is 384 g/mol. The van der Waals surface area contributed by atoms with Crippen molar-refractivity contribution in [3.05, 3.63) is 64.0 Å². The molecule has 0 radical (unpaired) electrons. The van der Waals surface area contributed by atoms with Gasteiger partial charge in [-0.15, -0.1) is 0 Å². The van der Waals surface area contributed by atoms with Gasteiger partial charge in [-0.1, -0.05) is 13.8 Å². The molecule has 8 heteroatoms. The lowest BCUT2D eigenvalue weighted by molar-refractivity contribution is -0.384. The van der Waals surface area contributed by atoms with Crippen LogP contribution in [0.1, 0.15) is 45.0 Å². The predicted molar refractivity (Wildman–Crippen MR) is 113 cm³/mol. The zero-order chi connectivity index (χ0) is 22.0. The average molecular weight is 412 g/mol. The molecule has 0 spiro atoms. The molecule has 0 saturated carbocycles. The topological polar surface area (TPSA) is 88.7 Å². The second kappa shape index (κ2) is 8.69. The molecule has 1 aliphatic heterocycles. The molecule has 2 amide bonds. The summed E-state index contributed by atoms with van der Waals surface area (Å²) < 4.78 is 2.09. The van der Waals surface area contributed by atoms with E-state index in [1.807, 2.05) is 46.0 Å². The van der Waals surface area contributed by atoms with Crippen LogP contribution in [0.15, 0.2) is 42.6 Å². The molecule has 3 rings (SSSR count). The molecular formula is C22H28N4O4. The van der Waals surface area contributed by atoms with Gasteiger partial charge in [-0.3, -0.25) is 19.7 Å². The van der Waals surface area contributed by atoms with Crippen molar-refractivity contribution in [2.75, 3.05) is 13.1 Å². The largest absolute Gasteiger partial charge is 0.348 e. The van der Waals surface area contributed by atoms with E-state index in [9.17, 15) is 19.7 Å². The minimum Gasteiger partial charge on any atom is -0.348 e. The van der Waals surface area contributed by atoms with E-state index >= 15 is 0 Å². The van der Waals surface area contributed by atoms with Crippen molar-refractivity contribution < 1.29 is 14.5 Å². The molecule has 8 nitrogen and oxygen atoms in total. The number of hydrogen-bond acceptors (Lipinski definition) is 4. The first-order chi connectivity index (χ1) is 14.2. The molecule has 0 aliphatic carbocycles. The molecule has 30 heavy (non-hydrogen) atoms. The van der Waals surface area contributed by atoms with Crippen molar-refractivity contribution in [2.24, 2.45) is 5.92 Å². The van der Waals surface area contributed by atoms with E-state index in [4.69, 9.17) is 0 Å². The van der Waals surface area contributed by atoms with E-state index in [0.29, 0.717) is 13.1 Å². The van der Waals surface area contributed by atoms with E-state index in [1.165, 1.54) is 12.1 Å². The Morgan fingerprint density at radius 3 is 2.37 bits per heavy atom. The molecule has 0 fully saturated rings. The van der Waals surface area contributed by atoms with Gasteiger partial charge in [0.25, 0.3) is 5.69 Å². The Balaban J connectivity index is 1.93. The highest BCUT2D eigenvalue weighted by molar-refractivity contribution is 5.86. The Kier molecular flexibility index (Phi) is 6.24. The Bertz CT molecular complexity index is 933. The minimum atomic E-state index is -0.436. The standard InChI is InChI=1S/C22H28N4O4/c1-15(2)22(28)25(16(3)4)14-20(27)24-13-12-23-11-5-6-19(23)21(24)17-7-9-18(10-8-17)26(29)30/h5-11,15-16,21H,12-14H2,1-4H3. The van der Waals surface area contributed by atoms with Crippen molar-refractivity contribution in [2.45, 2.75) is 46.3 Å². The highest BCUT2D eigenvalue weighted by atomic mass is 16.6. The number of nitro groups is 1. The summed E-state index contributed by atoms with van der Waals surface area (Å²) in [6.07, 6.45) is 1.97. The SMILES string of the molecule is CC(C)C(=O)N(CC(=O)N1CCn2cccc2C1c1ccc([N+](=O)[O-])cc1)C(C)C. The maximum atomic E-state index is 13.3. The summed E-state index contributed by atoms with van der Waals surface area (Å²) in [6.45, 7) is 8.65. The van der Waals surface area contributed by atoms with E-state index in [2.05, 4.69) is 4.57 Å². The monoisotopic (exact) mass is 412 g/mol. The highest BCUT2D eigenvalue weighted by Crippen LogP contribution is 2.33. The quantitative estimate of drug-likeness (QED) is 0.538. The maximum Gasteiger partial charge on any atom is 0.269 e. The average Bonchev–Trinajstić information content (AvgIpc) is 3.19. The summed E-state index contributed by atoms with van der Waals surface area (Å²) in [5, 5.41) is 11.0. The van der Waals surface area contributed by atoms with Gasteiger partial charge in [-0.25, -0.2) is 0 Å². The summed E-state index contributed by atoms with van der Waals surface area (Å²) in [6, 6.07) is 9.78. The third-order valence-electron chi connectivity index (χ3n) is 5.48. The molecule has 2 aromatic rings. The predicted octanol–water partition coefficient (Wildman–Crippen LogP) is 3.22. The molecule has 160 valence electrons. The summed E-state index contributed by atoms with van der Waals surface area (Å²) in [7, 11) is 0. The van der Waals surface area contributed by atoms with Crippen LogP contribution in [0.25, 0.3) is 0 Å². The fourth-order valence-electron chi connectivity index (χ4n) is 3.86. The van der Waals surface area contributed by atoms with Crippen molar-refractivity contribution in [3.63, 3.8) is 0 Å². The van der Waals surface area contributed by atoms with Gasteiger partial charge in [0.2, 0.25) is 11.8 Å². The first-order valence-corrected chi connectivity index (χ1v) is 10.2. The fraction of sp³-hybridized carbons (Fsp3) is 0.455. The van der Waals surface area contributed by atoms with Gasteiger partial charge in [-0.2, -0.15) is 0 Å². The van der Waals surface area contributed by atoms with Crippen molar-refractivity contribution in [1.29, 1.82) is 0 Å². The van der Waals surface area contributed by atoms with E-state index in [-0.39, 0.29) is 42.0 Å². The van der Waals surface area contributed by atoms with Gasteiger partial charge in [0, 0.05) is 49.1 Å². The van der Waals surface area contributed by atoms with Crippen LogP contribution in [0.5, 0.6) is 0 Å². The molecule has 0 saturated heterocycles. The molecule has 1 aromatic heterocycles. The zero-order valence-electron chi connectivity index (χ0n) is 17.8. The highest BCUT2D eigenvalue weighted by Gasteiger charge is 2.34. The summed E-state index contributed by atoms with van der Waals surface area (Å²) >= 11 is 0. The number of fused-ring (bicyclic) bond motifs is 1. The number of rotatable bonds is 6. The molecule has 0 bridgehead atoms. The smallest absolute Gasteiger partial charge is 0.269 e. The minimum absolute atomic E-state index is 0.0105. The summed E-state index contributed by atoms with van der Waals surface area (Å²) in [4.78, 5) is 39.9. The zero-order valence-corrected chi connectivity index (χ0v) is 17.8. The van der Waals surface area contributed by atoms with Crippen LogP contribution >= 0.6 is 0 Å². The Hall–Kier alpha value is -3.16. The number of carbonyl (C=O) groups excluding carboxylic acids is 2. The number of nitro benzene ring substituents is 1. The normalized spacial score (nSPS) is 15.9. The molecule has 1 atom stereocenters. The summed E-state index contributed by atoms with van der Waals surface area (Å²) in [5.41, 5.74) is 1.77. The molecule has 1 aromatic carbocycles.